The minimum Gasteiger partial charge on any atom is -0.326 e. The van der Waals surface area contributed by atoms with Crippen LogP contribution in [0, 0.1) is 5.92 Å². The maximum Gasteiger partial charge on any atom is 0.227 e. The third-order valence-electron chi connectivity index (χ3n) is 4.51. The van der Waals surface area contributed by atoms with Crippen LogP contribution < -0.4 is 10.6 Å². The summed E-state index contributed by atoms with van der Waals surface area (Å²) in [6, 6.07) is 13.4. The van der Waals surface area contributed by atoms with Gasteiger partial charge in [-0.25, -0.2) is 4.98 Å². The summed E-state index contributed by atoms with van der Waals surface area (Å²) >= 11 is 1.36. The Labute approximate surface area is 160 Å². The Kier molecular flexibility index (Phi) is 4.93. The number of benzene rings is 1. The van der Waals surface area contributed by atoms with Gasteiger partial charge in [0, 0.05) is 29.6 Å². The molecule has 4 rings (SSSR count). The van der Waals surface area contributed by atoms with Gasteiger partial charge < -0.3 is 10.6 Å². The zero-order valence-corrected chi connectivity index (χ0v) is 15.3. The molecule has 0 aliphatic carbocycles. The molecule has 1 aliphatic heterocycles. The summed E-state index contributed by atoms with van der Waals surface area (Å²) in [5.74, 6) is -0.345. The fourth-order valence-corrected chi connectivity index (χ4v) is 3.82. The van der Waals surface area contributed by atoms with Gasteiger partial charge in [0.15, 0.2) is 5.13 Å². The molecule has 1 aromatic carbocycles. The number of pyridine rings is 1. The van der Waals surface area contributed by atoms with Crippen molar-refractivity contribution in [3.05, 3.63) is 59.6 Å². The number of hydrogen-bond donors (Lipinski definition) is 2. The average Bonchev–Trinajstić information content (AvgIpc) is 3.15. The maximum atomic E-state index is 12.3. The molecule has 1 aliphatic rings. The molecule has 2 N–H and O–H groups in total. The van der Waals surface area contributed by atoms with E-state index in [0.717, 1.165) is 22.6 Å². The van der Waals surface area contributed by atoms with Crippen molar-refractivity contribution in [2.75, 3.05) is 10.6 Å². The summed E-state index contributed by atoms with van der Waals surface area (Å²) in [5.41, 5.74) is 3.49. The van der Waals surface area contributed by atoms with Crippen LogP contribution in [0.1, 0.15) is 18.4 Å². The quantitative estimate of drug-likeness (QED) is 0.708. The molecule has 2 aromatic heterocycles. The van der Waals surface area contributed by atoms with Crippen LogP contribution in [0.25, 0.3) is 11.4 Å². The molecule has 6 nitrogen and oxygen atoms in total. The van der Waals surface area contributed by atoms with Crippen LogP contribution in [-0.2, 0) is 16.0 Å². The number of carbonyl (C=O) groups excluding carboxylic acids is 2. The van der Waals surface area contributed by atoms with Crippen molar-refractivity contribution in [1.29, 1.82) is 0 Å². The van der Waals surface area contributed by atoms with Crippen LogP contribution >= 0.6 is 11.3 Å². The predicted molar refractivity (Wildman–Crippen MR) is 105 cm³/mol. The number of para-hydroxylation sites is 1. The summed E-state index contributed by atoms with van der Waals surface area (Å²) in [4.78, 5) is 33.1. The summed E-state index contributed by atoms with van der Waals surface area (Å²) in [7, 11) is 0. The largest absolute Gasteiger partial charge is 0.326 e. The smallest absolute Gasteiger partial charge is 0.227 e. The SMILES string of the molecule is O=C(CCC1Cc2ccccc2NC1=O)Nc1nc(-c2ccccn2)cs1. The topological polar surface area (TPSA) is 84.0 Å². The van der Waals surface area contributed by atoms with Gasteiger partial charge in [0.25, 0.3) is 0 Å². The van der Waals surface area contributed by atoms with E-state index in [1.54, 1.807) is 6.20 Å². The van der Waals surface area contributed by atoms with Gasteiger partial charge in [-0.1, -0.05) is 24.3 Å². The van der Waals surface area contributed by atoms with Gasteiger partial charge in [-0.05, 0) is 36.6 Å². The number of nitrogens with one attached hydrogen (secondary N) is 2. The van der Waals surface area contributed by atoms with Crippen LogP contribution in [0.3, 0.4) is 0 Å². The molecule has 0 radical (unpaired) electrons. The third kappa shape index (κ3) is 4.03. The van der Waals surface area contributed by atoms with E-state index in [1.165, 1.54) is 11.3 Å². The average molecular weight is 378 g/mol. The van der Waals surface area contributed by atoms with E-state index >= 15 is 0 Å². The molecule has 0 saturated heterocycles. The monoisotopic (exact) mass is 378 g/mol. The van der Waals surface area contributed by atoms with Crippen LogP contribution in [-0.4, -0.2) is 21.8 Å². The molecule has 1 unspecified atom stereocenters. The Morgan fingerprint density at radius 2 is 2.04 bits per heavy atom. The molecule has 3 aromatic rings. The normalized spacial score (nSPS) is 15.7. The van der Waals surface area contributed by atoms with Crippen molar-refractivity contribution in [3.8, 4) is 11.4 Å². The summed E-state index contributed by atoms with van der Waals surface area (Å²) in [5, 5.41) is 8.14. The molecule has 2 amide bonds. The molecule has 0 saturated carbocycles. The van der Waals surface area contributed by atoms with Crippen molar-refractivity contribution in [1.82, 2.24) is 9.97 Å². The molecule has 3 heterocycles. The number of amides is 2. The zero-order chi connectivity index (χ0) is 18.6. The molecule has 0 bridgehead atoms. The molecule has 136 valence electrons. The second-order valence-electron chi connectivity index (χ2n) is 6.39. The first-order valence-electron chi connectivity index (χ1n) is 8.74. The highest BCUT2D eigenvalue weighted by Gasteiger charge is 2.26. The van der Waals surface area contributed by atoms with E-state index in [-0.39, 0.29) is 24.2 Å². The Bertz CT molecular complexity index is 971. The Balaban J connectivity index is 1.33. The lowest BCUT2D eigenvalue weighted by Gasteiger charge is -2.24. The lowest BCUT2D eigenvalue weighted by Crippen LogP contribution is -2.30. The number of thiazole rings is 1. The van der Waals surface area contributed by atoms with Gasteiger partial charge in [-0.15, -0.1) is 11.3 Å². The number of anilines is 2. The molecule has 27 heavy (non-hydrogen) atoms. The minimum atomic E-state index is -0.189. The zero-order valence-electron chi connectivity index (χ0n) is 14.5. The van der Waals surface area contributed by atoms with E-state index < -0.39 is 0 Å². The van der Waals surface area contributed by atoms with Crippen molar-refractivity contribution in [2.45, 2.75) is 19.3 Å². The fourth-order valence-electron chi connectivity index (χ4n) is 3.10. The van der Waals surface area contributed by atoms with Crippen LogP contribution in [0.5, 0.6) is 0 Å². The van der Waals surface area contributed by atoms with Gasteiger partial charge >= 0.3 is 0 Å². The van der Waals surface area contributed by atoms with E-state index in [4.69, 9.17) is 0 Å². The standard InChI is InChI=1S/C20H18N4O2S/c25-18(24-20-23-17(12-27-20)16-7-3-4-10-21-16)9-8-14-11-13-5-1-2-6-15(13)22-19(14)26/h1-7,10,12,14H,8-9,11H2,(H,22,26)(H,23,24,25). The Morgan fingerprint density at radius 3 is 2.89 bits per heavy atom. The van der Waals surface area contributed by atoms with E-state index in [1.807, 2.05) is 47.8 Å². The minimum absolute atomic E-state index is 0.0202. The Morgan fingerprint density at radius 1 is 1.19 bits per heavy atom. The first-order chi connectivity index (χ1) is 13.2. The number of nitrogens with zero attached hydrogens (tertiary/aromatic N) is 2. The van der Waals surface area contributed by atoms with Crippen LogP contribution in [0.15, 0.2) is 54.0 Å². The van der Waals surface area contributed by atoms with E-state index in [2.05, 4.69) is 20.6 Å². The second kappa shape index (κ2) is 7.67. The van der Waals surface area contributed by atoms with Crippen molar-refractivity contribution in [2.24, 2.45) is 5.92 Å². The second-order valence-corrected chi connectivity index (χ2v) is 7.25. The van der Waals surface area contributed by atoms with Crippen LogP contribution in [0.4, 0.5) is 10.8 Å². The number of fused-ring (bicyclic) bond motifs is 1. The maximum absolute atomic E-state index is 12.3. The predicted octanol–water partition coefficient (Wildman–Crippen LogP) is 3.73. The van der Waals surface area contributed by atoms with E-state index in [9.17, 15) is 9.59 Å². The van der Waals surface area contributed by atoms with Crippen molar-refractivity contribution < 1.29 is 9.59 Å². The summed E-state index contributed by atoms with van der Waals surface area (Å²) in [6.45, 7) is 0. The number of carbonyl (C=O) groups is 2. The molecular formula is C20H18N4O2S. The molecule has 1 atom stereocenters. The van der Waals surface area contributed by atoms with Gasteiger partial charge in [-0.2, -0.15) is 0 Å². The Hall–Kier alpha value is -3.06. The van der Waals surface area contributed by atoms with E-state index in [0.29, 0.717) is 18.0 Å². The van der Waals surface area contributed by atoms with Gasteiger partial charge in [-0.3, -0.25) is 14.6 Å². The van der Waals surface area contributed by atoms with Crippen LogP contribution in [0.2, 0.25) is 0 Å². The van der Waals surface area contributed by atoms with Gasteiger partial charge in [0.1, 0.15) is 5.69 Å². The molecular weight excluding hydrogens is 360 g/mol. The van der Waals surface area contributed by atoms with Crippen molar-refractivity contribution >= 4 is 34.0 Å². The highest BCUT2D eigenvalue weighted by molar-refractivity contribution is 7.14. The van der Waals surface area contributed by atoms with Gasteiger partial charge in [0.2, 0.25) is 11.8 Å². The highest BCUT2D eigenvalue weighted by Crippen LogP contribution is 2.28. The molecule has 0 spiro atoms. The highest BCUT2D eigenvalue weighted by atomic mass is 32.1. The summed E-state index contributed by atoms with van der Waals surface area (Å²) in [6.07, 6.45) is 3.15. The summed E-state index contributed by atoms with van der Waals surface area (Å²) < 4.78 is 0. The van der Waals surface area contributed by atoms with Crippen molar-refractivity contribution in [3.63, 3.8) is 0 Å². The molecule has 7 heteroatoms. The fraction of sp³-hybridized carbons (Fsp3) is 0.200. The van der Waals surface area contributed by atoms with Gasteiger partial charge in [0.05, 0.1) is 5.69 Å². The lowest BCUT2D eigenvalue weighted by molar-refractivity contribution is -0.121. The molecule has 0 fully saturated rings. The first-order valence-corrected chi connectivity index (χ1v) is 9.62. The first kappa shape index (κ1) is 17.4. The third-order valence-corrected chi connectivity index (χ3v) is 5.27. The number of hydrogen-bond acceptors (Lipinski definition) is 5. The lowest BCUT2D eigenvalue weighted by atomic mass is 9.89. The number of rotatable bonds is 5. The number of aromatic nitrogens is 2.